The van der Waals surface area contributed by atoms with Crippen LogP contribution >= 0.6 is 11.8 Å². The largest absolute Gasteiger partial charge is 0.334 e. The molecule has 1 aliphatic heterocycles. The minimum Gasteiger partial charge on any atom is -0.334 e. The van der Waals surface area contributed by atoms with Crippen LogP contribution in [0.3, 0.4) is 0 Å². The van der Waals surface area contributed by atoms with Crippen LogP contribution in [0.1, 0.15) is 10.5 Å². The standard InChI is InChI=1S/C14H12N4OS/c1-17-8-15-10-6-9(2-3-11(10)17)13-12(7-19)18-4-5-20-14(18)16-13/h2-3,6-8H,4-5H2,1H3. The Morgan fingerprint density at radius 3 is 3.15 bits per heavy atom. The van der Waals surface area contributed by atoms with E-state index in [1.165, 1.54) is 0 Å². The van der Waals surface area contributed by atoms with Gasteiger partial charge < -0.3 is 9.13 Å². The minimum absolute atomic E-state index is 0.667. The minimum atomic E-state index is 0.667. The smallest absolute Gasteiger partial charge is 0.169 e. The highest BCUT2D eigenvalue weighted by atomic mass is 32.2. The predicted octanol–water partition coefficient (Wildman–Crippen LogP) is 2.36. The number of imidazole rings is 2. The topological polar surface area (TPSA) is 52.7 Å². The number of rotatable bonds is 2. The van der Waals surface area contributed by atoms with Gasteiger partial charge in [0.1, 0.15) is 11.4 Å². The van der Waals surface area contributed by atoms with Gasteiger partial charge in [-0.05, 0) is 12.1 Å². The van der Waals surface area contributed by atoms with Crippen LogP contribution in [0.15, 0.2) is 29.7 Å². The first-order valence-electron chi connectivity index (χ1n) is 6.38. The molecule has 3 aromatic rings. The van der Waals surface area contributed by atoms with Crippen molar-refractivity contribution in [2.45, 2.75) is 11.7 Å². The second-order valence-corrected chi connectivity index (χ2v) is 5.87. The third kappa shape index (κ3) is 1.54. The Balaban J connectivity index is 1.92. The number of hydrogen-bond acceptors (Lipinski definition) is 4. The molecule has 0 amide bonds. The van der Waals surface area contributed by atoms with Gasteiger partial charge in [-0.3, -0.25) is 4.79 Å². The Morgan fingerprint density at radius 1 is 1.40 bits per heavy atom. The van der Waals surface area contributed by atoms with Crippen molar-refractivity contribution in [3.05, 3.63) is 30.2 Å². The first-order chi connectivity index (χ1) is 9.78. The van der Waals surface area contributed by atoms with Crippen molar-refractivity contribution >= 4 is 29.1 Å². The number of carbonyl (C=O) groups is 1. The summed E-state index contributed by atoms with van der Waals surface area (Å²) < 4.78 is 3.97. The van der Waals surface area contributed by atoms with Crippen molar-refractivity contribution in [3.8, 4) is 11.3 Å². The molecule has 1 aromatic carbocycles. The van der Waals surface area contributed by atoms with Crippen molar-refractivity contribution in [1.29, 1.82) is 0 Å². The molecule has 0 aliphatic carbocycles. The molecule has 5 nitrogen and oxygen atoms in total. The zero-order chi connectivity index (χ0) is 13.7. The second kappa shape index (κ2) is 4.21. The van der Waals surface area contributed by atoms with Gasteiger partial charge in [-0.2, -0.15) is 0 Å². The normalized spacial score (nSPS) is 13.8. The molecule has 0 unspecified atom stereocenters. The molecule has 0 radical (unpaired) electrons. The molecule has 3 heterocycles. The quantitative estimate of drug-likeness (QED) is 0.678. The van der Waals surface area contributed by atoms with E-state index >= 15 is 0 Å². The molecule has 6 heteroatoms. The van der Waals surface area contributed by atoms with Crippen LogP contribution in [0.4, 0.5) is 0 Å². The maximum absolute atomic E-state index is 11.4. The highest BCUT2D eigenvalue weighted by Gasteiger charge is 2.22. The monoisotopic (exact) mass is 284 g/mol. The Labute approximate surface area is 119 Å². The van der Waals surface area contributed by atoms with Crippen LogP contribution < -0.4 is 0 Å². The summed E-state index contributed by atoms with van der Waals surface area (Å²) >= 11 is 1.69. The summed E-state index contributed by atoms with van der Waals surface area (Å²) in [7, 11) is 1.97. The van der Waals surface area contributed by atoms with Gasteiger partial charge in [-0.15, -0.1) is 0 Å². The molecule has 20 heavy (non-hydrogen) atoms. The molecule has 0 N–H and O–H groups in total. The summed E-state index contributed by atoms with van der Waals surface area (Å²) in [4.78, 5) is 20.4. The summed E-state index contributed by atoms with van der Waals surface area (Å²) in [6.45, 7) is 0.854. The number of aryl methyl sites for hydroxylation is 1. The second-order valence-electron chi connectivity index (χ2n) is 4.81. The molecule has 0 atom stereocenters. The van der Waals surface area contributed by atoms with E-state index in [2.05, 4.69) is 9.97 Å². The van der Waals surface area contributed by atoms with Crippen molar-refractivity contribution < 1.29 is 4.79 Å². The van der Waals surface area contributed by atoms with Crippen LogP contribution in [0.2, 0.25) is 0 Å². The SMILES string of the molecule is Cn1cnc2cc(-c3nc4n(c3C=O)CCS4)ccc21. The van der Waals surface area contributed by atoms with Crippen molar-refractivity contribution in [3.63, 3.8) is 0 Å². The van der Waals surface area contributed by atoms with Gasteiger partial charge in [0.2, 0.25) is 0 Å². The number of fused-ring (bicyclic) bond motifs is 2. The molecule has 0 fully saturated rings. The fourth-order valence-corrected chi connectivity index (χ4v) is 3.57. The van der Waals surface area contributed by atoms with Gasteiger partial charge >= 0.3 is 0 Å². The lowest BCUT2D eigenvalue weighted by molar-refractivity contribution is 0.111. The molecule has 0 bridgehead atoms. The van der Waals surface area contributed by atoms with E-state index in [0.717, 1.165) is 46.0 Å². The Hall–Kier alpha value is -2.08. The number of aromatic nitrogens is 4. The van der Waals surface area contributed by atoms with E-state index in [-0.39, 0.29) is 0 Å². The maximum atomic E-state index is 11.4. The maximum Gasteiger partial charge on any atom is 0.169 e. The number of hydrogen-bond donors (Lipinski definition) is 0. The van der Waals surface area contributed by atoms with E-state index in [1.54, 1.807) is 18.1 Å². The van der Waals surface area contributed by atoms with Crippen molar-refractivity contribution in [2.24, 2.45) is 7.05 Å². The fourth-order valence-electron chi connectivity index (χ4n) is 2.61. The Bertz CT molecular complexity index is 833. The molecule has 2 aromatic heterocycles. The molecule has 0 saturated heterocycles. The lowest BCUT2D eigenvalue weighted by Crippen LogP contribution is -2.00. The molecule has 4 rings (SSSR count). The van der Waals surface area contributed by atoms with E-state index in [0.29, 0.717) is 5.69 Å². The predicted molar refractivity (Wildman–Crippen MR) is 78.0 cm³/mol. The van der Waals surface area contributed by atoms with Gasteiger partial charge in [0.05, 0.1) is 17.4 Å². The van der Waals surface area contributed by atoms with Gasteiger partial charge in [-0.25, -0.2) is 9.97 Å². The van der Waals surface area contributed by atoms with Crippen LogP contribution in [-0.2, 0) is 13.6 Å². The average molecular weight is 284 g/mol. The zero-order valence-corrected chi connectivity index (χ0v) is 11.7. The van der Waals surface area contributed by atoms with Crippen LogP contribution in [-0.4, -0.2) is 31.1 Å². The summed E-state index contributed by atoms with van der Waals surface area (Å²) in [6.07, 6.45) is 2.69. The first kappa shape index (κ1) is 11.7. The zero-order valence-electron chi connectivity index (χ0n) is 10.9. The Kier molecular flexibility index (Phi) is 2.47. The highest BCUT2D eigenvalue weighted by molar-refractivity contribution is 7.99. The molecular weight excluding hydrogens is 272 g/mol. The summed E-state index contributed by atoms with van der Waals surface area (Å²) in [5, 5.41) is 0.934. The van der Waals surface area contributed by atoms with Gasteiger partial charge in [0.25, 0.3) is 0 Å². The lowest BCUT2D eigenvalue weighted by Gasteiger charge is -2.02. The molecule has 100 valence electrons. The summed E-state index contributed by atoms with van der Waals surface area (Å²) in [5.41, 5.74) is 4.36. The van der Waals surface area contributed by atoms with E-state index in [9.17, 15) is 4.79 Å². The highest BCUT2D eigenvalue weighted by Crippen LogP contribution is 2.33. The van der Waals surface area contributed by atoms with Crippen molar-refractivity contribution in [2.75, 3.05) is 5.75 Å². The van der Waals surface area contributed by atoms with Gasteiger partial charge in [0.15, 0.2) is 11.4 Å². The molecule has 0 saturated carbocycles. The fraction of sp³-hybridized carbons (Fsp3) is 0.214. The summed E-state index contributed by atoms with van der Waals surface area (Å²) in [5.74, 6) is 0.989. The van der Waals surface area contributed by atoms with E-state index in [1.807, 2.05) is 34.4 Å². The average Bonchev–Trinajstić information content (AvgIpc) is 3.12. The van der Waals surface area contributed by atoms with Crippen LogP contribution in [0.5, 0.6) is 0 Å². The summed E-state index contributed by atoms with van der Waals surface area (Å²) in [6, 6.07) is 6.01. The Morgan fingerprint density at radius 2 is 2.30 bits per heavy atom. The van der Waals surface area contributed by atoms with Crippen molar-refractivity contribution in [1.82, 2.24) is 19.1 Å². The lowest BCUT2D eigenvalue weighted by atomic mass is 10.1. The first-order valence-corrected chi connectivity index (χ1v) is 7.36. The molecule has 0 spiro atoms. The third-order valence-corrected chi connectivity index (χ3v) is 4.58. The number of thioether (sulfide) groups is 1. The number of carbonyl (C=O) groups excluding carboxylic acids is 1. The van der Waals surface area contributed by atoms with E-state index < -0.39 is 0 Å². The van der Waals surface area contributed by atoms with E-state index in [4.69, 9.17) is 0 Å². The van der Waals surface area contributed by atoms with Gasteiger partial charge in [-0.1, -0.05) is 17.8 Å². The molecule has 1 aliphatic rings. The molecular formula is C14H12N4OS. The third-order valence-electron chi connectivity index (χ3n) is 3.63. The number of aldehydes is 1. The number of benzene rings is 1. The van der Waals surface area contributed by atoms with Crippen LogP contribution in [0.25, 0.3) is 22.3 Å². The van der Waals surface area contributed by atoms with Gasteiger partial charge in [0, 0.05) is 24.9 Å². The number of nitrogens with zero attached hydrogens (tertiary/aromatic N) is 4. The van der Waals surface area contributed by atoms with Crippen LogP contribution in [0, 0.1) is 0 Å².